The first-order chi connectivity index (χ1) is 32.7. The molecule has 20 nitrogen and oxygen atoms in total. The summed E-state index contributed by atoms with van der Waals surface area (Å²) in [6.07, 6.45) is 1.44. The standard InChI is InChI=1S/C48H70ClN5O15/c1-29-10-9-11-37(64-8)48(62)28-36(67-46(61)51-48)30(2)44-47(4,69-44)38(27-41(57)53(6)34-25-32(24-29)26-35(63-7)43(34)49)68-45(60)31(3)52(5)39(55)12-13-40(56)54(33-14-17-50-18-15-33)19-21-66-23-22-65-20-16-42(58)59/h9-11,25-26,30-31,33,36-38,44,50,62H,12-24,27-28H2,1-8H3,(H,51,61)(H,58,59)/b11-9+,29-10+/t30-,31+,36?,37-,38+,44?,47+,48+/m1/s1. The van der Waals surface area contributed by atoms with Crippen LogP contribution in [0.5, 0.6) is 5.75 Å². The van der Waals surface area contributed by atoms with E-state index in [-0.39, 0.29) is 82.0 Å². The first-order valence-corrected chi connectivity index (χ1v) is 23.8. The fourth-order valence-corrected chi connectivity index (χ4v) is 9.34. The second-order valence-electron chi connectivity index (χ2n) is 18.3. The van der Waals surface area contributed by atoms with Crippen molar-refractivity contribution < 1.29 is 72.1 Å². The first-order valence-electron chi connectivity index (χ1n) is 23.4. The minimum atomic E-state index is -1.88. The van der Waals surface area contributed by atoms with Crippen LogP contribution in [0.3, 0.4) is 0 Å². The zero-order valence-electron chi connectivity index (χ0n) is 41.0. The third-order valence-corrected chi connectivity index (χ3v) is 13.8. The summed E-state index contributed by atoms with van der Waals surface area (Å²) < 4.78 is 40.4. The molecular formula is C48H70ClN5O15. The van der Waals surface area contributed by atoms with Crippen molar-refractivity contribution in [1.82, 2.24) is 20.4 Å². The number of aliphatic carboxylic acids is 1. The maximum absolute atomic E-state index is 14.4. The van der Waals surface area contributed by atoms with E-state index in [2.05, 4.69) is 10.6 Å². The van der Waals surface area contributed by atoms with Crippen molar-refractivity contribution in [3.8, 4) is 5.75 Å². The molecule has 384 valence electrons. The molecule has 3 saturated heterocycles. The molecule has 8 atom stereocenters. The van der Waals surface area contributed by atoms with Gasteiger partial charge < -0.3 is 63.4 Å². The monoisotopic (exact) mass is 991 g/mol. The van der Waals surface area contributed by atoms with E-state index < -0.39 is 77.5 Å². The third kappa shape index (κ3) is 14.4. The molecule has 1 aromatic rings. The minimum Gasteiger partial charge on any atom is -0.495 e. The summed E-state index contributed by atoms with van der Waals surface area (Å²) in [5.41, 5.74) is -1.17. The molecule has 3 fully saturated rings. The zero-order valence-corrected chi connectivity index (χ0v) is 41.7. The van der Waals surface area contributed by atoms with Crippen molar-refractivity contribution in [2.45, 2.75) is 127 Å². The average Bonchev–Trinajstić information content (AvgIpc) is 4.02. The van der Waals surface area contributed by atoms with Crippen molar-refractivity contribution in [3.05, 3.63) is 46.5 Å². The predicted octanol–water partition coefficient (Wildman–Crippen LogP) is 3.38. The van der Waals surface area contributed by atoms with E-state index >= 15 is 0 Å². The molecule has 4 N–H and O–H groups in total. The molecule has 4 heterocycles. The Bertz CT molecular complexity index is 2070. The van der Waals surface area contributed by atoms with Crippen molar-refractivity contribution >= 4 is 53.0 Å². The number of amides is 4. The van der Waals surface area contributed by atoms with Crippen LogP contribution >= 0.6 is 11.6 Å². The average molecular weight is 993 g/mol. The normalized spacial score (nSPS) is 28.2. The minimum absolute atomic E-state index is 0.0571. The lowest BCUT2D eigenvalue weighted by molar-refractivity contribution is -0.162. The van der Waals surface area contributed by atoms with Crippen LogP contribution in [0.4, 0.5) is 10.5 Å². The van der Waals surface area contributed by atoms with E-state index in [0.717, 1.165) is 37.1 Å². The Morgan fingerprint density at radius 3 is 2.38 bits per heavy atom. The summed E-state index contributed by atoms with van der Waals surface area (Å²) in [6, 6.07) is 2.33. The number of allylic oxidation sites excluding steroid dienone is 3. The summed E-state index contributed by atoms with van der Waals surface area (Å²) in [4.78, 5) is 83.9. The molecule has 4 bridgehead atoms. The predicted molar refractivity (Wildman–Crippen MR) is 252 cm³/mol. The molecule has 0 radical (unpaired) electrons. The van der Waals surface area contributed by atoms with Gasteiger partial charge in [-0.05, 0) is 70.8 Å². The van der Waals surface area contributed by atoms with Crippen LogP contribution in [0.2, 0.25) is 5.02 Å². The Kier molecular flexibility index (Phi) is 19.8. The van der Waals surface area contributed by atoms with Gasteiger partial charge in [0.25, 0.3) is 0 Å². The van der Waals surface area contributed by atoms with E-state index in [1.807, 2.05) is 13.0 Å². The molecule has 0 aliphatic carbocycles. The highest BCUT2D eigenvalue weighted by molar-refractivity contribution is 6.35. The highest BCUT2D eigenvalue weighted by Gasteiger charge is 2.64. The van der Waals surface area contributed by atoms with E-state index in [4.69, 9.17) is 49.9 Å². The number of nitrogens with zero attached hydrogens (tertiary/aromatic N) is 3. The van der Waals surface area contributed by atoms with Crippen LogP contribution < -0.4 is 20.3 Å². The van der Waals surface area contributed by atoms with Crippen LogP contribution in [-0.4, -0.2) is 178 Å². The molecule has 4 amide bonds. The summed E-state index contributed by atoms with van der Waals surface area (Å²) in [7, 11) is 5.87. The lowest BCUT2D eigenvalue weighted by atomic mass is 9.83. The number of nitrogens with one attached hydrogen (secondary N) is 2. The molecule has 2 unspecified atom stereocenters. The number of aliphatic hydroxyl groups is 1. The number of carbonyl (C=O) groups excluding carboxylic acids is 5. The Morgan fingerprint density at radius 1 is 1.03 bits per heavy atom. The number of likely N-dealkylation sites (N-methyl/N-ethyl adjacent to an activating group) is 1. The molecule has 4 aliphatic heterocycles. The van der Waals surface area contributed by atoms with Crippen LogP contribution in [0, 0.1) is 5.92 Å². The molecule has 1 aromatic carbocycles. The molecule has 0 spiro atoms. The first kappa shape index (κ1) is 55.1. The number of carboxylic acid groups (broad SMARTS) is 1. The number of esters is 1. The Morgan fingerprint density at radius 2 is 1.71 bits per heavy atom. The summed E-state index contributed by atoms with van der Waals surface area (Å²) in [6.45, 7) is 9.33. The maximum Gasteiger partial charge on any atom is 0.409 e. The van der Waals surface area contributed by atoms with E-state index in [0.29, 0.717) is 17.9 Å². The number of carbonyl (C=O) groups is 6. The van der Waals surface area contributed by atoms with Crippen molar-refractivity contribution in [2.24, 2.45) is 5.92 Å². The third-order valence-electron chi connectivity index (χ3n) is 13.5. The smallest absolute Gasteiger partial charge is 0.409 e. The number of ether oxygens (including phenoxy) is 7. The summed E-state index contributed by atoms with van der Waals surface area (Å²) >= 11 is 6.82. The molecule has 0 aromatic heterocycles. The number of hydrogen-bond acceptors (Lipinski definition) is 15. The molecule has 0 saturated carbocycles. The number of fused-ring (bicyclic) bond motifs is 5. The van der Waals surface area contributed by atoms with Gasteiger partial charge in [-0.1, -0.05) is 42.3 Å². The molecule has 5 rings (SSSR count). The number of alkyl carbamates (subject to hydrolysis) is 1. The van der Waals surface area contributed by atoms with Gasteiger partial charge in [0.15, 0.2) is 5.72 Å². The van der Waals surface area contributed by atoms with Crippen LogP contribution in [0.25, 0.3) is 0 Å². The number of epoxide rings is 1. The number of rotatable bonds is 18. The quantitative estimate of drug-likeness (QED) is 0.0936. The fourth-order valence-electron chi connectivity index (χ4n) is 9.03. The molecule has 4 aliphatic rings. The summed E-state index contributed by atoms with van der Waals surface area (Å²) in [5.74, 6) is -3.26. The number of halogens is 1. The van der Waals surface area contributed by atoms with Gasteiger partial charge in [0.2, 0.25) is 17.7 Å². The van der Waals surface area contributed by atoms with Gasteiger partial charge in [-0.2, -0.15) is 0 Å². The zero-order chi connectivity index (χ0) is 50.6. The van der Waals surface area contributed by atoms with E-state index in [1.54, 1.807) is 50.1 Å². The van der Waals surface area contributed by atoms with Crippen LogP contribution in [0.15, 0.2) is 35.9 Å². The Hall–Kier alpha value is -4.83. The number of methoxy groups -OCH3 is 2. The number of anilines is 1. The van der Waals surface area contributed by atoms with Gasteiger partial charge in [0.1, 0.15) is 40.7 Å². The van der Waals surface area contributed by atoms with Gasteiger partial charge >= 0.3 is 18.0 Å². The van der Waals surface area contributed by atoms with Crippen molar-refractivity contribution in [1.29, 1.82) is 0 Å². The largest absolute Gasteiger partial charge is 0.495 e. The molecule has 69 heavy (non-hydrogen) atoms. The van der Waals surface area contributed by atoms with E-state index in [9.17, 15) is 33.9 Å². The Labute approximate surface area is 408 Å². The number of benzene rings is 1. The van der Waals surface area contributed by atoms with Gasteiger partial charge in [-0.15, -0.1) is 0 Å². The van der Waals surface area contributed by atoms with E-state index in [1.165, 1.54) is 38.0 Å². The number of hydrogen-bond donors (Lipinski definition) is 4. The second kappa shape index (κ2) is 24.8. The fraction of sp³-hybridized carbons (Fsp3) is 0.667. The highest BCUT2D eigenvalue weighted by atomic mass is 35.5. The van der Waals surface area contributed by atoms with Gasteiger partial charge in [0.05, 0.1) is 58.2 Å². The molecular weight excluding hydrogens is 922 g/mol. The summed E-state index contributed by atoms with van der Waals surface area (Å²) in [5, 5.41) is 26.6. The second-order valence-corrected chi connectivity index (χ2v) is 18.7. The van der Waals surface area contributed by atoms with Gasteiger partial charge in [-0.25, -0.2) is 9.59 Å². The SMILES string of the molecule is COc1cc2cc(c1Cl)N(C)C(=O)C[C@H](OC(=O)[C@H](C)N(C)C(=O)CCC(=O)N(CCOCCOCCC(=O)O)C1CCNCC1)[C@]1(C)OC1[C@H](C)C1C[C@@](O)(NC(=O)O1)[C@H](OC)/C=C/C=C(\C)C2. The molecule has 21 heteroatoms. The Balaban J connectivity index is 1.33. The highest BCUT2D eigenvalue weighted by Crippen LogP contribution is 2.49. The van der Waals surface area contributed by atoms with Crippen LogP contribution in [-0.2, 0) is 58.8 Å². The number of carboxylic acids is 1. The van der Waals surface area contributed by atoms with Crippen molar-refractivity contribution in [2.75, 3.05) is 79.3 Å². The topological polar surface area (TPSA) is 245 Å². The van der Waals surface area contributed by atoms with Gasteiger partial charge in [0, 0.05) is 59.0 Å². The van der Waals surface area contributed by atoms with Crippen LogP contribution in [0.1, 0.15) is 78.2 Å². The maximum atomic E-state index is 14.4. The number of piperidine rings is 1. The lowest BCUT2D eigenvalue weighted by Gasteiger charge is -2.42. The van der Waals surface area contributed by atoms with Gasteiger partial charge in [-0.3, -0.25) is 24.5 Å². The lowest BCUT2D eigenvalue weighted by Crippen LogP contribution is -2.63. The van der Waals surface area contributed by atoms with Crippen molar-refractivity contribution in [3.63, 3.8) is 0 Å².